The topological polar surface area (TPSA) is 67.0 Å². The number of nitrogens with zero attached hydrogens (tertiary/aromatic N) is 1. The van der Waals surface area contributed by atoms with E-state index < -0.39 is 0 Å². The number of carbonyl (C=O) groups excluding carboxylic acids is 1. The zero-order chi connectivity index (χ0) is 15.4. The third kappa shape index (κ3) is 3.82. The number of ether oxygens (including phenoxy) is 1. The van der Waals surface area contributed by atoms with Gasteiger partial charge in [0.15, 0.2) is 0 Å². The number of nitrogens with one attached hydrogen (secondary N) is 2. The van der Waals surface area contributed by atoms with Crippen molar-refractivity contribution in [3.63, 3.8) is 0 Å². The van der Waals surface area contributed by atoms with Gasteiger partial charge in [-0.15, -0.1) is 0 Å². The molecule has 1 aliphatic rings. The fraction of sp³-hybridized carbons (Fsp3) is 0.500. The highest BCUT2D eigenvalue weighted by atomic mass is 19.1. The molecule has 22 heavy (non-hydrogen) atoms. The molecule has 1 amide bonds. The number of H-pyrrole nitrogens is 1. The second-order valence-corrected chi connectivity index (χ2v) is 5.71. The minimum absolute atomic E-state index is 0.0190. The Balaban J connectivity index is 1.43. The molecule has 5 nitrogen and oxygen atoms in total. The molecule has 3 rings (SSSR count). The highest BCUT2D eigenvalue weighted by Crippen LogP contribution is 2.15. The Morgan fingerprint density at radius 2 is 2.41 bits per heavy atom. The summed E-state index contributed by atoms with van der Waals surface area (Å²) in [6.07, 6.45) is 2.96. The maximum absolute atomic E-state index is 13.1. The van der Waals surface area contributed by atoms with Gasteiger partial charge in [0.1, 0.15) is 11.6 Å². The van der Waals surface area contributed by atoms with E-state index in [1.54, 1.807) is 6.07 Å². The van der Waals surface area contributed by atoms with E-state index in [4.69, 9.17) is 4.74 Å². The molecular weight excluding hydrogens is 285 g/mol. The van der Waals surface area contributed by atoms with Crippen molar-refractivity contribution >= 4 is 16.9 Å². The summed E-state index contributed by atoms with van der Waals surface area (Å²) in [6.45, 7) is 2.34. The summed E-state index contributed by atoms with van der Waals surface area (Å²) in [7, 11) is 0. The summed E-state index contributed by atoms with van der Waals surface area (Å²) in [5.41, 5.74) is 1.38. The molecule has 118 valence electrons. The first-order valence-corrected chi connectivity index (χ1v) is 7.69. The Hall–Kier alpha value is -1.95. The SMILES string of the molecule is O=C(CCc1nc2ccc(F)cc2[nH]1)NCCC1CCOC1. The number of aromatic nitrogens is 2. The van der Waals surface area contributed by atoms with Crippen molar-refractivity contribution in [2.45, 2.75) is 25.7 Å². The van der Waals surface area contributed by atoms with Gasteiger partial charge in [-0.3, -0.25) is 4.79 Å². The van der Waals surface area contributed by atoms with Crippen LogP contribution in [0.25, 0.3) is 11.0 Å². The van der Waals surface area contributed by atoms with E-state index in [0.29, 0.717) is 36.6 Å². The van der Waals surface area contributed by atoms with Gasteiger partial charge in [-0.1, -0.05) is 0 Å². The number of benzene rings is 1. The first-order chi connectivity index (χ1) is 10.7. The van der Waals surface area contributed by atoms with Crippen LogP contribution >= 0.6 is 0 Å². The summed E-state index contributed by atoms with van der Waals surface area (Å²) in [6, 6.07) is 4.43. The van der Waals surface area contributed by atoms with Crippen LogP contribution in [0.1, 0.15) is 25.1 Å². The van der Waals surface area contributed by atoms with Gasteiger partial charge in [0, 0.05) is 32.6 Å². The van der Waals surface area contributed by atoms with Crippen LogP contribution in [0.2, 0.25) is 0 Å². The van der Waals surface area contributed by atoms with Crippen molar-refractivity contribution < 1.29 is 13.9 Å². The van der Waals surface area contributed by atoms with E-state index in [-0.39, 0.29) is 11.7 Å². The maximum Gasteiger partial charge on any atom is 0.220 e. The predicted octanol–water partition coefficient (Wildman–Crippen LogP) is 2.18. The lowest BCUT2D eigenvalue weighted by molar-refractivity contribution is -0.121. The molecule has 2 N–H and O–H groups in total. The van der Waals surface area contributed by atoms with Crippen molar-refractivity contribution in [2.24, 2.45) is 5.92 Å². The van der Waals surface area contributed by atoms with E-state index >= 15 is 0 Å². The molecule has 6 heteroatoms. The number of hydrogen-bond acceptors (Lipinski definition) is 3. The smallest absolute Gasteiger partial charge is 0.220 e. The van der Waals surface area contributed by atoms with Crippen molar-refractivity contribution in [1.29, 1.82) is 0 Å². The molecule has 0 spiro atoms. The van der Waals surface area contributed by atoms with E-state index in [1.807, 2.05) is 0 Å². The first kappa shape index (κ1) is 15.0. The molecule has 1 aliphatic heterocycles. The van der Waals surface area contributed by atoms with Crippen LogP contribution in [0.3, 0.4) is 0 Å². The number of halogens is 1. The Bertz CT molecular complexity index is 650. The Morgan fingerprint density at radius 1 is 1.50 bits per heavy atom. The van der Waals surface area contributed by atoms with Gasteiger partial charge < -0.3 is 15.0 Å². The second kappa shape index (κ2) is 6.87. The fourth-order valence-electron chi connectivity index (χ4n) is 2.70. The van der Waals surface area contributed by atoms with Gasteiger partial charge in [-0.05, 0) is 37.0 Å². The largest absolute Gasteiger partial charge is 0.381 e. The number of rotatable bonds is 6. The number of aromatic amines is 1. The number of hydrogen-bond donors (Lipinski definition) is 2. The lowest BCUT2D eigenvalue weighted by atomic mass is 10.1. The Labute approximate surface area is 128 Å². The van der Waals surface area contributed by atoms with E-state index in [9.17, 15) is 9.18 Å². The number of imidazole rings is 1. The molecular formula is C16H20FN3O2. The Morgan fingerprint density at radius 3 is 3.23 bits per heavy atom. The number of aryl methyl sites for hydroxylation is 1. The highest BCUT2D eigenvalue weighted by Gasteiger charge is 2.15. The van der Waals surface area contributed by atoms with Gasteiger partial charge in [0.2, 0.25) is 5.91 Å². The van der Waals surface area contributed by atoms with Crippen molar-refractivity contribution in [2.75, 3.05) is 19.8 Å². The van der Waals surface area contributed by atoms with E-state index in [2.05, 4.69) is 15.3 Å². The van der Waals surface area contributed by atoms with E-state index in [0.717, 1.165) is 31.6 Å². The summed E-state index contributed by atoms with van der Waals surface area (Å²) < 4.78 is 18.4. The molecule has 0 aliphatic carbocycles. The third-order valence-electron chi connectivity index (χ3n) is 3.98. The van der Waals surface area contributed by atoms with Gasteiger partial charge >= 0.3 is 0 Å². The number of amides is 1. The molecule has 1 fully saturated rings. The highest BCUT2D eigenvalue weighted by molar-refractivity contribution is 5.77. The lowest BCUT2D eigenvalue weighted by Crippen LogP contribution is -2.26. The summed E-state index contributed by atoms with van der Waals surface area (Å²) in [5.74, 6) is 1.01. The van der Waals surface area contributed by atoms with Crippen LogP contribution in [0, 0.1) is 11.7 Å². The fourth-order valence-corrected chi connectivity index (χ4v) is 2.70. The van der Waals surface area contributed by atoms with Gasteiger partial charge in [-0.25, -0.2) is 9.37 Å². The molecule has 0 bridgehead atoms. The number of carbonyl (C=O) groups is 1. The average molecular weight is 305 g/mol. The molecule has 0 saturated carbocycles. The third-order valence-corrected chi connectivity index (χ3v) is 3.98. The zero-order valence-electron chi connectivity index (χ0n) is 12.4. The maximum atomic E-state index is 13.1. The molecule has 1 atom stereocenters. The van der Waals surface area contributed by atoms with Crippen LogP contribution in [-0.4, -0.2) is 35.6 Å². The molecule has 0 radical (unpaired) electrons. The van der Waals surface area contributed by atoms with Crippen molar-refractivity contribution in [1.82, 2.24) is 15.3 Å². The van der Waals surface area contributed by atoms with Crippen molar-refractivity contribution in [3.8, 4) is 0 Å². The van der Waals surface area contributed by atoms with E-state index in [1.165, 1.54) is 12.1 Å². The zero-order valence-corrected chi connectivity index (χ0v) is 12.4. The van der Waals surface area contributed by atoms with Crippen LogP contribution in [-0.2, 0) is 16.0 Å². The van der Waals surface area contributed by atoms with Crippen LogP contribution in [0.4, 0.5) is 4.39 Å². The lowest BCUT2D eigenvalue weighted by Gasteiger charge is -2.08. The molecule has 2 heterocycles. The quantitative estimate of drug-likeness (QED) is 0.859. The number of fused-ring (bicyclic) bond motifs is 1. The van der Waals surface area contributed by atoms with Crippen molar-refractivity contribution in [3.05, 3.63) is 29.8 Å². The van der Waals surface area contributed by atoms with Gasteiger partial charge in [0.05, 0.1) is 11.0 Å². The molecule has 1 aromatic heterocycles. The monoisotopic (exact) mass is 305 g/mol. The average Bonchev–Trinajstić information content (AvgIpc) is 3.13. The van der Waals surface area contributed by atoms with Crippen LogP contribution in [0.5, 0.6) is 0 Å². The molecule has 1 saturated heterocycles. The normalized spacial score (nSPS) is 18.0. The summed E-state index contributed by atoms with van der Waals surface area (Å²) >= 11 is 0. The second-order valence-electron chi connectivity index (χ2n) is 5.71. The Kier molecular flexibility index (Phi) is 4.68. The van der Waals surface area contributed by atoms with Crippen LogP contribution in [0.15, 0.2) is 18.2 Å². The van der Waals surface area contributed by atoms with Gasteiger partial charge in [-0.2, -0.15) is 0 Å². The van der Waals surface area contributed by atoms with Gasteiger partial charge in [0.25, 0.3) is 0 Å². The molecule has 1 unspecified atom stereocenters. The minimum atomic E-state index is -0.295. The molecule has 1 aromatic carbocycles. The summed E-state index contributed by atoms with van der Waals surface area (Å²) in [4.78, 5) is 19.2. The summed E-state index contributed by atoms with van der Waals surface area (Å²) in [5, 5.41) is 2.93. The standard InChI is InChI=1S/C16H20FN3O2/c17-12-1-2-13-14(9-12)20-15(19-13)3-4-16(21)18-7-5-11-6-8-22-10-11/h1-2,9,11H,3-8,10H2,(H,18,21)(H,19,20). The molecule has 2 aromatic rings. The van der Waals surface area contributed by atoms with Crippen LogP contribution < -0.4 is 5.32 Å². The first-order valence-electron chi connectivity index (χ1n) is 7.69. The minimum Gasteiger partial charge on any atom is -0.381 e. The predicted molar refractivity (Wildman–Crippen MR) is 80.9 cm³/mol.